The van der Waals surface area contributed by atoms with Crippen LogP contribution in [0.5, 0.6) is 5.75 Å². The van der Waals surface area contributed by atoms with Crippen LogP contribution in [0.25, 0.3) is 0 Å². The van der Waals surface area contributed by atoms with Crippen LogP contribution in [-0.4, -0.2) is 83.1 Å². The first-order valence-electron chi connectivity index (χ1n) is 17.4. The summed E-state index contributed by atoms with van der Waals surface area (Å²) in [4.78, 5) is 16.4. The van der Waals surface area contributed by atoms with Crippen molar-refractivity contribution >= 4 is 20.1 Å². The molecule has 0 radical (unpaired) electrons. The Morgan fingerprint density at radius 1 is 0.978 bits per heavy atom. The Morgan fingerprint density at radius 3 is 2.24 bits per heavy atom. The molecule has 256 valence electrons. The summed E-state index contributed by atoms with van der Waals surface area (Å²) in [7, 11) is -0.601. The second-order valence-electron chi connectivity index (χ2n) is 14.0. The zero-order valence-corrected chi connectivity index (χ0v) is 30.5. The molecule has 8 nitrogen and oxygen atoms in total. The number of nitrogens with zero attached hydrogens (tertiary/aromatic N) is 2. The van der Waals surface area contributed by atoms with Gasteiger partial charge in [0.05, 0.1) is 37.6 Å². The first kappa shape index (κ1) is 36.2. The van der Waals surface area contributed by atoms with Crippen LogP contribution < -0.4 is 9.64 Å². The zero-order valence-electron chi connectivity index (χ0n) is 29.5. The van der Waals surface area contributed by atoms with E-state index in [4.69, 9.17) is 18.6 Å². The monoisotopic (exact) mass is 654 g/mol. The summed E-state index contributed by atoms with van der Waals surface area (Å²) >= 11 is 0. The first-order valence-corrected chi connectivity index (χ1v) is 19.5. The summed E-state index contributed by atoms with van der Waals surface area (Å²) in [6.45, 7) is 20.0. The van der Waals surface area contributed by atoms with Gasteiger partial charge in [-0.1, -0.05) is 85.2 Å². The smallest absolute Gasteiger partial charge is 0.407 e. The molecule has 0 spiro atoms. The molecule has 3 atom stereocenters. The molecule has 0 saturated carbocycles. The molecule has 4 rings (SSSR count). The maximum Gasteiger partial charge on any atom is 0.407 e. The number of carbonyl (C=O) groups is 1. The van der Waals surface area contributed by atoms with Gasteiger partial charge in [-0.25, -0.2) is 4.79 Å². The van der Waals surface area contributed by atoms with Crippen molar-refractivity contribution in [2.24, 2.45) is 0 Å². The van der Waals surface area contributed by atoms with Crippen LogP contribution >= 0.6 is 0 Å². The van der Waals surface area contributed by atoms with Gasteiger partial charge in [-0.3, -0.25) is 0 Å². The van der Waals surface area contributed by atoms with Gasteiger partial charge in [-0.05, 0) is 58.3 Å². The van der Waals surface area contributed by atoms with Gasteiger partial charge >= 0.3 is 6.09 Å². The summed E-state index contributed by atoms with van der Waals surface area (Å²) in [5.74, 6) is 0.791. The number of benzene rings is 2. The summed E-state index contributed by atoms with van der Waals surface area (Å²) < 4.78 is 25.5. The summed E-state index contributed by atoms with van der Waals surface area (Å²) in [6, 6.07) is 15.1. The van der Waals surface area contributed by atoms with Crippen molar-refractivity contribution in [3.63, 3.8) is 0 Å². The van der Waals surface area contributed by atoms with Gasteiger partial charge in [-0.2, -0.15) is 0 Å². The number of piperidine rings is 1. The van der Waals surface area contributed by atoms with Crippen molar-refractivity contribution in [3.8, 4) is 5.75 Å². The molecule has 0 aliphatic carbocycles. The summed E-state index contributed by atoms with van der Waals surface area (Å²) in [5.41, 5.74) is 5.72. The van der Waals surface area contributed by atoms with Crippen LogP contribution in [0.3, 0.4) is 0 Å². The van der Waals surface area contributed by atoms with E-state index in [0.717, 1.165) is 61.5 Å². The fraction of sp³-hybridized carbons (Fsp3) is 0.649. The number of likely N-dealkylation sites (tertiary alicyclic amines) is 1. The van der Waals surface area contributed by atoms with Crippen LogP contribution in [0.15, 0.2) is 42.5 Å². The lowest BCUT2D eigenvalue weighted by atomic mass is 9.84. The van der Waals surface area contributed by atoms with Crippen LogP contribution in [0.1, 0.15) is 83.9 Å². The van der Waals surface area contributed by atoms with Crippen molar-refractivity contribution < 1.29 is 28.5 Å². The molecule has 0 unspecified atom stereocenters. The van der Waals surface area contributed by atoms with E-state index >= 15 is 0 Å². The lowest BCUT2D eigenvalue weighted by Gasteiger charge is -2.50. The predicted molar refractivity (Wildman–Crippen MR) is 188 cm³/mol. The Morgan fingerprint density at radius 2 is 1.63 bits per heavy atom. The number of amides is 1. The number of hydrogen-bond acceptors (Lipinski definition) is 6. The highest BCUT2D eigenvalue weighted by Crippen LogP contribution is 2.46. The number of carboxylic acid groups (broad SMARTS) is 1. The van der Waals surface area contributed by atoms with Gasteiger partial charge in [0.25, 0.3) is 0 Å². The average molecular weight is 655 g/mol. The van der Waals surface area contributed by atoms with E-state index in [-0.39, 0.29) is 18.1 Å². The minimum Gasteiger partial charge on any atom is -0.490 e. The van der Waals surface area contributed by atoms with Gasteiger partial charge < -0.3 is 33.5 Å². The molecule has 2 aliphatic heterocycles. The zero-order chi connectivity index (χ0) is 33.4. The second-order valence-corrected chi connectivity index (χ2v) is 19.4. The standard InChI is InChI=1S/C37H58N2O6Si/c1-9-11-29-12-15-31(16-13-29)36-34(23-39(37(40)41)24-35(36)45-46(26(2)3,27(4)5)28(6)7)44-25-30-14-17-33-32(22-30)38(19-21-43-33)18-10-20-42-8/h12-17,22,26-28,34-36H,9-11,18-21,23-25H2,1-8H3,(H,40,41)/t34-,35+,36+/m0/s1. The molecule has 0 aromatic heterocycles. The Labute approximate surface area is 278 Å². The summed E-state index contributed by atoms with van der Waals surface area (Å²) in [5, 5.41) is 10.3. The van der Waals surface area contributed by atoms with E-state index in [1.807, 2.05) is 6.07 Å². The van der Waals surface area contributed by atoms with Gasteiger partial charge in [0.2, 0.25) is 8.32 Å². The fourth-order valence-corrected chi connectivity index (χ4v) is 13.5. The summed E-state index contributed by atoms with van der Waals surface area (Å²) in [6.07, 6.45) is 1.47. The van der Waals surface area contributed by atoms with E-state index in [9.17, 15) is 9.90 Å². The first-order chi connectivity index (χ1) is 22.0. The van der Waals surface area contributed by atoms with Gasteiger partial charge in [0.1, 0.15) is 12.4 Å². The van der Waals surface area contributed by atoms with Crippen molar-refractivity contribution in [2.75, 3.05) is 51.4 Å². The highest BCUT2D eigenvalue weighted by molar-refractivity contribution is 6.77. The average Bonchev–Trinajstić information content (AvgIpc) is 3.02. The van der Waals surface area contributed by atoms with E-state index < -0.39 is 14.4 Å². The number of aryl methyl sites for hydroxylation is 1. The Balaban J connectivity index is 1.68. The van der Waals surface area contributed by atoms with E-state index in [0.29, 0.717) is 42.9 Å². The van der Waals surface area contributed by atoms with Crippen LogP contribution in [0.4, 0.5) is 10.5 Å². The fourth-order valence-electron chi connectivity index (χ4n) is 7.94. The molecule has 1 fully saturated rings. The van der Waals surface area contributed by atoms with Crippen LogP contribution in [-0.2, 0) is 26.9 Å². The molecular formula is C37H58N2O6Si. The lowest BCUT2D eigenvalue weighted by Crippen LogP contribution is -2.59. The third-order valence-electron chi connectivity index (χ3n) is 10.1. The number of rotatable bonds is 15. The van der Waals surface area contributed by atoms with Gasteiger partial charge in [0.15, 0.2) is 0 Å². The molecule has 2 aromatic rings. The second kappa shape index (κ2) is 16.5. The van der Waals surface area contributed by atoms with Crippen molar-refractivity contribution in [2.45, 2.75) is 109 Å². The molecule has 1 amide bonds. The third-order valence-corrected chi connectivity index (χ3v) is 16.2. The highest BCUT2D eigenvalue weighted by atomic mass is 28.4. The molecule has 46 heavy (non-hydrogen) atoms. The Kier molecular flexibility index (Phi) is 13.0. The SMILES string of the molecule is CCCc1ccc([C@@H]2[C@@H](OCc3ccc4c(c3)N(CCCOC)CCO4)CN(C(=O)O)C[C@H]2O[Si](C(C)C)(C(C)C)C(C)C)cc1. The molecule has 1 saturated heterocycles. The van der Waals surface area contributed by atoms with Crippen molar-refractivity contribution in [1.82, 2.24) is 4.90 Å². The van der Waals surface area contributed by atoms with E-state index in [1.165, 1.54) is 10.5 Å². The molecule has 0 bridgehead atoms. The molecule has 2 aliphatic rings. The van der Waals surface area contributed by atoms with Gasteiger partial charge in [0, 0.05) is 32.7 Å². The quantitative estimate of drug-likeness (QED) is 0.154. The number of anilines is 1. The highest BCUT2D eigenvalue weighted by Gasteiger charge is 2.50. The Bertz CT molecular complexity index is 1230. The number of methoxy groups -OCH3 is 1. The number of hydrogen-bond donors (Lipinski definition) is 1. The number of ether oxygens (including phenoxy) is 3. The van der Waals surface area contributed by atoms with E-state index in [1.54, 1.807) is 7.11 Å². The van der Waals surface area contributed by atoms with Crippen LogP contribution in [0.2, 0.25) is 16.6 Å². The Hall–Kier alpha value is -2.59. The van der Waals surface area contributed by atoms with Crippen LogP contribution in [0, 0.1) is 0 Å². The maximum atomic E-state index is 12.5. The molecule has 2 aromatic carbocycles. The van der Waals surface area contributed by atoms with Crippen molar-refractivity contribution in [3.05, 3.63) is 59.2 Å². The topological polar surface area (TPSA) is 80.7 Å². The molecule has 9 heteroatoms. The minimum atomic E-state index is -2.34. The third kappa shape index (κ3) is 8.27. The lowest BCUT2D eigenvalue weighted by molar-refractivity contribution is -0.0630. The predicted octanol–water partition coefficient (Wildman–Crippen LogP) is 8.10. The molecular weight excluding hydrogens is 597 g/mol. The number of fused-ring (bicyclic) bond motifs is 1. The van der Waals surface area contributed by atoms with E-state index in [2.05, 4.69) is 89.8 Å². The van der Waals surface area contributed by atoms with Gasteiger partial charge in [-0.15, -0.1) is 0 Å². The normalized spacial score (nSPS) is 20.4. The molecule has 2 heterocycles. The minimum absolute atomic E-state index is 0.0964. The van der Waals surface area contributed by atoms with Crippen molar-refractivity contribution in [1.29, 1.82) is 0 Å². The maximum absolute atomic E-state index is 12.5. The molecule has 1 N–H and O–H groups in total. The largest absolute Gasteiger partial charge is 0.490 e.